The highest BCUT2D eigenvalue weighted by molar-refractivity contribution is 5.95. The van der Waals surface area contributed by atoms with E-state index in [2.05, 4.69) is 31.7 Å². The first kappa shape index (κ1) is 21.2. The minimum absolute atomic E-state index is 0.114. The summed E-state index contributed by atoms with van der Waals surface area (Å²) in [7, 11) is 1.70. The van der Waals surface area contributed by atoms with Crippen molar-refractivity contribution in [3.63, 3.8) is 0 Å². The highest BCUT2D eigenvalue weighted by atomic mass is 16.5. The van der Waals surface area contributed by atoms with Crippen molar-refractivity contribution < 1.29 is 14.6 Å². The monoisotopic (exact) mass is 371 g/mol. The molecule has 1 aliphatic rings. The molecule has 4 heteroatoms. The van der Waals surface area contributed by atoms with Crippen LogP contribution in [0.25, 0.3) is 0 Å². The highest BCUT2D eigenvalue weighted by Crippen LogP contribution is 2.28. The first-order valence-electron chi connectivity index (χ1n) is 9.88. The molecule has 0 saturated heterocycles. The number of aliphatic hydroxyl groups excluding tert-OH is 1. The molecule has 0 bridgehead atoms. The number of allylic oxidation sites excluding steroid dienone is 2. The molecule has 0 saturated carbocycles. The van der Waals surface area contributed by atoms with Crippen LogP contribution in [0.4, 0.5) is 0 Å². The van der Waals surface area contributed by atoms with E-state index >= 15 is 0 Å². The summed E-state index contributed by atoms with van der Waals surface area (Å²) >= 11 is 0. The molecule has 1 amide bonds. The predicted molar refractivity (Wildman–Crippen MR) is 110 cm³/mol. The van der Waals surface area contributed by atoms with Gasteiger partial charge in [0, 0.05) is 25.3 Å². The van der Waals surface area contributed by atoms with Gasteiger partial charge in [-0.05, 0) is 67.7 Å². The smallest absolute Gasteiger partial charge is 0.250 e. The van der Waals surface area contributed by atoms with Crippen molar-refractivity contribution in [1.29, 1.82) is 0 Å². The molecule has 1 aliphatic heterocycles. The van der Waals surface area contributed by atoms with Crippen LogP contribution >= 0.6 is 0 Å². The van der Waals surface area contributed by atoms with Crippen molar-refractivity contribution in [2.45, 2.75) is 46.0 Å². The number of benzene rings is 1. The molecule has 0 aromatic heterocycles. The van der Waals surface area contributed by atoms with E-state index in [1.54, 1.807) is 7.11 Å². The molecule has 1 aromatic rings. The molecule has 0 fully saturated rings. The van der Waals surface area contributed by atoms with Crippen molar-refractivity contribution >= 4 is 5.91 Å². The molecule has 4 nitrogen and oxygen atoms in total. The average Bonchev–Trinajstić information content (AvgIpc) is 2.80. The molecule has 2 rings (SSSR count). The standard InChI is InChI=1S/C23H33NO3/c1-5-20-8-6-11-24(12-7-13-25)23(26)21(20)15-17(2)14-19-10-9-18(3)22(16-19)27-4/h5,9-10,16-17,25H,1,6-8,11-15H2,2-4H3. The highest BCUT2D eigenvalue weighted by Gasteiger charge is 2.25. The number of rotatable bonds is 9. The zero-order valence-corrected chi connectivity index (χ0v) is 17.0. The van der Waals surface area contributed by atoms with E-state index < -0.39 is 0 Å². The Morgan fingerprint density at radius 3 is 2.81 bits per heavy atom. The fraction of sp³-hybridized carbons (Fsp3) is 0.522. The molecule has 27 heavy (non-hydrogen) atoms. The van der Waals surface area contributed by atoms with Crippen LogP contribution < -0.4 is 4.74 Å². The lowest BCUT2D eigenvalue weighted by molar-refractivity contribution is -0.127. The summed E-state index contributed by atoms with van der Waals surface area (Å²) in [5.74, 6) is 1.36. The van der Waals surface area contributed by atoms with Gasteiger partial charge in [0.2, 0.25) is 5.91 Å². The molecule has 1 heterocycles. The number of carbonyl (C=O) groups excluding carboxylic acids is 1. The van der Waals surface area contributed by atoms with Gasteiger partial charge in [0.15, 0.2) is 0 Å². The van der Waals surface area contributed by atoms with Crippen LogP contribution in [0.1, 0.15) is 43.7 Å². The number of nitrogens with zero attached hydrogens (tertiary/aromatic N) is 1. The third-order valence-electron chi connectivity index (χ3n) is 5.25. The first-order valence-corrected chi connectivity index (χ1v) is 9.88. The largest absolute Gasteiger partial charge is 0.496 e. The minimum Gasteiger partial charge on any atom is -0.496 e. The van der Waals surface area contributed by atoms with E-state index in [0.29, 0.717) is 18.9 Å². The number of hydrogen-bond acceptors (Lipinski definition) is 3. The van der Waals surface area contributed by atoms with Gasteiger partial charge in [0.05, 0.1) is 7.11 Å². The molecule has 1 unspecified atom stereocenters. The van der Waals surface area contributed by atoms with Crippen LogP contribution in [0.5, 0.6) is 5.75 Å². The van der Waals surface area contributed by atoms with Crippen LogP contribution in [-0.4, -0.2) is 42.7 Å². The fourth-order valence-electron chi connectivity index (χ4n) is 3.77. The number of methoxy groups -OCH3 is 1. The SMILES string of the molecule is C=CC1=C(CC(C)Cc2ccc(C)c(OC)c2)C(=O)N(CCCO)CCC1. The third kappa shape index (κ3) is 5.70. The summed E-state index contributed by atoms with van der Waals surface area (Å²) in [5.41, 5.74) is 4.33. The van der Waals surface area contributed by atoms with Crippen LogP contribution in [0.2, 0.25) is 0 Å². The molecule has 1 atom stereocenters. The topological polar surface area (TPSA) is 49.8 Å². The Hall–Kier alpha value is -2.07. The molecule has 1 N–H and O–H groups in total. The minimum atomic E-state index is 0.114. The third-order valence-corrected chi connectivity index (χ3v) is 5.25. The molecule has 1 aromatic carbocycles. The van der Waals surface area contributed by atoms with Crippen LogP contribution in [0.15, 0.2) is 42.0 Å². The Balaban J connectivity index is 2.14. The van der Waals surface area contributed by atoms with Gasteiger partial charge in [-0.1, -0.05) is 31.7 Å². The Morgan fingerprint density at radius 2 is 2.15 bits per heavy atom. The number of carbonyl (C=O) groups is 1. The maximum Gasteiger partial charge on any atom is 0.250 e. The van der Waals surface area contributed by atoms with Gasteiger partial charge >= 0.3 is 0 Å². The van der Waals surface area contributed by atoms with Gasteiger partial charge in [-0.3, -0.25) is 4.79 Å². The maximum absolute atomic E-state index is 13.1. The second kappa shape index (κ2) is 10.3. The number of aryl methyl sites for hydroxylation is 1. The molecular formula is C23H33NO3. The van der Waals surface area contributed by atoms with E-state index in [0.717, 1.165) is 54.7 Å². The second-order valence-electron chi connectivity index (χ2n) is 7.50. The van der Waals surface area contributed by atoms with Crippen molar-refractivity contribution in [2.75, 3.05) is 26.8 Å². The molecular weight excluding hydrogens is 338 g/mol. The van der Waals surface area contributed by atoms with Gasteiger partial charge in [0.25, 0.3) is 0 Å². The van der Waals surface area contributed by atoms with Crippen LogP contribution in [0, 0.1) is 12.8 Å². The lowest BCUT2D eigenvalue weighted by atomic mass is 9.90. The van der Waals surface area contributed by atoms with Crippen molar-refractivity contribution in [1.82, 2.24) is 4.90 Å². The van der Waals surface area contributed by atoms with Crippen LogP contribution in [-0.2, 0) is 11.2 Å². The summed E-state index contributed by atoms with van der Waals surface area (Å²) in [6, 6.07) is 6.32. The van der Waals surface area contributed by atoms with E-state index in [-0.39, 0.29) is 12.5 Å². The lowest BCUT2D eigenvalue weighted by Crippen LogP contribution is -2.34. The van der Waals surface area contributed by atoms with Gasteiger partial charge in [0.1, 0.15) is 5.75 Å². The van der Waals surface area contributed by atoms with E-state index in [1.165, 1.54) is 5.56 Å². The number of aliphatic hydroxyl groups is 1. The summed E-state index contributed by atoms with van der Waals surface area (Å²) in [5, 5.41) is 9.11. The predicted octanol–water partition coefficient (Wildman–Crippen LogP) is 4.06. The number of ether oxygens (including phenoxy) is 1. The molecule has 148 valence electrons. The fourth-order valence-corrected chi connectivity index (χ4v) is 3.77. The lowest BCUT2D eigenvalue weighted by Gasteiger charge is -2.23. The van der Waals surface area contributed by atoms with Gasteiger partial charge < -0.3 is 14.7 Å². The second-order valence-corrected chi connectivity index (χ2v) is 7.50. The van der Waals surface area contributed by atoms with E-state index in [1.807, 2.05) is 17.9 Å². The number of amides is 1. The Morgan fingerprint density at radius 1 is 1.37 bits per heavy atom. The Kier molecular flexibility index (Phi) is 8.11. The zero-order valence-electron chi connectivity index (χ0n) is 17.0. The normalized spacial score (nSPS) is 16.3. The quantitative estimate of drug-likeness (QED) is 0.712. The van der Waals surface area contributed by atoms with Gasteiger partial charge in [-0.2, -0.15) is 0 Å². The summed E-state index contributed by atoms with van der Waals surface area (Å²) in [4.78, 5) is 15.0. The van der Waals surface area contributed by atoms with E-state index in [4.69, 9.17) is 9.84 Å². The van der Waals surface area contributed by atoms with Gasteiger partial charge in [-0.15, -0.1) is 0 Å². The average molecular weight is 372 g/mol. The van der Waals surface area contributed by atoms with Gasteiger partial charge in [-0.25, -0.2) is 0 Å². The van der Waals surface area contributed by atoms with Crippen molar-refractivity contribution in [3.8, 4) is 5.75 Å². The molecule has 0 radical (unpaired) electrons. The summed E-state index contributed by atoms with van der Waals surface area (Å²) in [6.07, 6.45) is 5.96. The molecule has 0 spiro atoms. The van der Waals surface area contributed by atoms with E-state index in [9.17, 15) is 4.79 Å². The Bertz CT molecular complexity index is 693. The first-order chi connectivity index (χ1) is 13.0. The van der Waals surface area contributed by atoms with Crippen molar-refractivity contribution in [3.05, 3.63) is 53.1 Å². The van der Waals surface area contributed by atoms with Crippen molar-refractivity contribution in [2.24, 2.45) is 5.92 Å². The maximum atomic E-state index is 13.1. The van der Waals surface area contributed by atoms with Crippen LogP contribution in [0.3, 0.4) is 0 Å². The molecule has 0 aliphatic carbocycles. The number of hydrogen-bond donors (Lipinski definition) is 1. The zero-order chi connectivity index (χ0) is 19.8. The Labute approximate surface area is 163 Å². The summed E-state index contributed by atoms with van der Waals surface area (Å²) < 4.78 is 5.43. The summed E-state index contributed by atoms with van der Waals surface area (Å²) in [6.45, 7) is 9.65.